The van der Waals surface area contributed by atoms with Crippen molar-refractivity contribution in [3.8, 4) is 0 Å². The average molecular weight is 374 g/mol. The molecule has 0 aromatic carbocycles. The van der Waals surface area contributed by atoms with E-state index in [2.05, 4.69) is 81.1 Å². The molecule has 0 aromatic rings. The summed E-state index contributed by atoms with van der Waals surface area (Å²) in [5, 5.41) is 7.16. The van der Waals surface area contributed by atoms with E-state index in [0.717, 1.165) is 38.9 Å². The third-order valence-corrected chi connectivity index (χ3v) is 4.65. The molecule has 0 fully saturated rings. The molecule has 0 saturated heterocycles. The van der Waals surface area contributed by atoms with Crippen LogP contribution in [-0.2, 0) is 0 Å². The van der Waals surface area contributed by atoms with Gasteiger partial charge in [-0.15, -0.1) is 0 Å². The lowest BCUT2D eigenvalue weighted by Crippen LogP contribution is -2.41. The van der Waals surface area contributed by atoms with Crippen LogP contribution in [0.15, 0.2) is 52.6 Å². The van der Waals surface area contributed by atoms with Gasteiger partial charge in [-0.05, 0) is 59.7 Å². The van der Waals surface area contributed by atoms with Crippen LogP contribution >= 0.6 is 0 Å². The van der Waals surface area contributed by atoms with Gasteiger partial charge in [0.1, 0.15) is 0 Å². The average Bonchev–Trinajstić information content (AvgIpc) is 2.63. The Morgan fingerprint density at radius 1 is 1.22 bits per heavy atom. The van der Waals surface area contributed by atoms with E-state index in [4.69, 9.17) is 0 Å². The fourth-order valence-corrected chi connectivity index (χ4v) is 3.09. The Morgan fingerprint density at radius 2 is 1.96 bits per heavy atom. The summed E-state index contributed by atoms with van der Waals surface area (Å²) in [6.45, 7) is 17.8. The second-order valence-electron chi connectivity index (χ2n) is 7.27. The summed E-state index contributed by atoms with van der Waals surface area (Å²) >= 11 is 0. The Kier molecular flexibility index (Phi) is 15.8. The molecular weight excluding hydrogens is 330 g/mol. The van der Waals surface area contributed by atoms with Crippen molar-refractivity contribution in [2.24, 2.45) is 10.9 Å². The predicted molar refractivity (Wildman–Crippen MR) is 124 cm³/mol. The third-order valence-electron chi connectivity index (χ3n) is 4.65. The topological polar surface area (TPSA) is 36.4 Å². The molecule has 0 radical (unpaired) electrons. The van der Waals surface area contributed by atoms with Gasteiger partial charge >= 0.3 is 0 Å². The highest BCUT2D eigenvalue weighted by molar-refractivity contribution is 5.61. The maximum absolute atomic E-state index is 4.36. The van der Waals surface area contributed by atoms with Crippen LogP contribution in [0.25, 0.3) is 0 Å². The molecule has 0 rings (SSSR count). The zero-order chi connectivity index (χ0) is 20.5. The van der Waals surface area contributed by atoms with Gasteiger partial charge in [0.25, 0.3) is 0 Å². The minimum atomic E-state index is 0.396. The molecule has 0 aliphatic heterocycles. The van der Waals surface area contributed by atoms with Crippen LogP contribution in [0, 0.1) is 5.92 Å². The smallest absolute Gasteiger partial charge is 0.0357 e. The van der Waals surface area contributed by atoms with Gasteiger partial charge in [0, 0.05) is 37.7 Å². The number of hydrogen-bond donors (Lipinski definition) is 2. The molecule has 3 nitrogen and oxygen atoms in total. The molecule has 27 heavy (non-hydrogen) atoms. The van der Waals surface area contributed by atoms with Gasteiger partial charge in [0.2, 0.25) is 0 Å². The predicted octanol–water partition coefficient (Wildman–Crippen LogP) is 5.48. The van der Waals surface area contributed by atoms with Crippen LogP contribution in [0.5, 0.6) is 0 Å². The molecule has 3 heteroatoms. The molecule has 0 aliphatic carbocycles. The van der Waals surface area contributed by atoms with E-state index >= 15 is 0 Å². The van der Waals surface area contributed by atoms with Gasteiger partial charge in [0.05, 0.1) is 0 Å². The highest BCUT2D eigenvalue weighted by Gasteiger charge is 2.21. The Labute approximate surface area is 168 Å². The largest absolute Gasteiger partial charge is 0.319 e. The van der Waals surface area contributed by atoms with Crippen LogP contribution < -0.4 is 10.6 Å². The lowest BCUT2D eigenvalue weighted by atomic mass is 9.88. The molecule has 2 atom stereocenters. The number of nitrogens with one attached hydrogen (secondary N) is 2. The summed E-state index contributed by atoms with van der Waals surface area (Å²) in [6.07, 6.45) is 15.0. The van der Waals surface area contributed by atoms with Crippen molar-refractivity contribution >= 4 is 6.21 Å². The van der Waals surface area contributed by atoms with Gasteiger partial charge in [-0.1, -0.05) is 55.4 Å². The first-order chi connectivity index (χ1) is 13.0. The van der Waals surface area contributed by atoms with E-state index in [0.29, 0.717) is 12.0 Å². The van der Waals surface area contributed by atoms with Crippen molar-refractivity contribution in [3.63, 3.8) is 0 Å². The normalized spacial score (nSPS) is 14.7. The maximum atomic E-state index is 4.36. The fraction of sp³-hybridized carbons (Fsp3) is 0.625. The maximum Gasteiger partial charge on any atom is 0.0357 e. The van der Waals surface area contributed by atoms with Crippen molar-refractivity contribution in [2.75, 3.05) is 26.7 Å². The molecule has 0 aliphatic rings. The number of nitrogens with zero attached hydrogens (tertiary/aromatic N) is 1. The van der Waals surface area contributed by atoms with Crippen molar-refractivity contribution in [3.05, 3.63) is 47.6 Å². The first kappa shape index (κ1) is 25.6. The molecule has 0 spiro atoms. The van der Waals surface area contributed by atoms with E-state index < -0.39 is 0 Å². The summed E-state index contributed by atoms with van der Waals surface area (Å²) in [5.41, 5.74) is 3.94. The highest BCUT2D eigenvalue weighted by atomic mass is 14.9. The number of aliphatic imine (C=N–C) groups is 1. The zero-order valence-corrected chi connectivity index (χ0v) is 18.6. The third kappa shape index (κ3) is 12.5. The van der Waals surface area contributed by atoms with E-state index in [9.17, 15) is 0 Å². The van der Waals surface area contributed by atoms with Crippen LogP contribution in [0.2, 0.25) is 0 Å². The zero-order valence-electron chi connectivity index (χ0n) is 18.6. The molecular formula is C24H43N3. The van der Waals surface area contributed by atoms with Crippen molar-refractivity contribution in [2.45, 2.75) is 66.3 Å². The van der Waals surface area contributed by atoms with Crippen LogP contribution in [0.4, 0.5) is 0 Å². The van der Waals surface area contributed by atoms with Gasteiger partial charge in [-0.2, -0.15) is 0 Å². The van der Waals surface area contributed by atoms with E-state index in [-0.39, 0.29) is 0 Å². The standard InChI is InChI=1S/C24H43N3/c1-8-12-24(27-18-16-22(9-2)15-17-26-10-3)23(19-25-7)21(6)14-11-13-20(4)5/h9,11,13-14,17,23-25,27H,6,8,10,12,15-16,18-19H2,1-5,7H3/b14-11-,22-9+,26-17?. The Bertz CT molecular complexity index is 508. The van der Waals surface area contributed by atoms with Crippen LogP contribution in [0.3, 0.4) is 0 Å². The molecule has 0 saturated carbocycles. The first-order valence-corrected chi connectivity index (χ1v) is 10.5. The van der Waals surface area contributed by atoms with Gasteiger partial charge in [0.15, 0.2) is 0 Å². The lowest BCUT2D eigenvalue weighted by Gasteiger charge is -2.29. The van der Waals surface area contributed by atoms with Crippen LogP contribution in [-0.4, -0.2) is 38.9 Å². The summed E-state index contributed by atoms with van der Waals surface area (Å²) in [6, 6.07) is 0.439. The number of allylic oxidation sites excluding steroid dienone is 5. The SMILES string of the molecule is C=C(/C=C\C=C(C)C)C(CNC)C(CCC)NCC/C(=C/C)CC=NCC. The monoisotopic (exact) mass is 373 g/mol. The van der Waals surface area contributed by atoms with Gasteiger partial charge < -0.3 is 10.6 Å². The minimum absolute atomic E-state index is 0.396. The Hall–Kier alpha value is -1.45. The van der Waals surface area contributed by atoms with Crippen molar-refractivity contribution in [1.29, 1.82) is 0 Å². The second-order valence-corrected chi connectivity index (χ2v) is 7.27. The molecule has 0 heterocycles. The van der Waals surface area contributed by atoms with Crippen molar-refractivity contribution < 1.29 is 0 Å². The quantitative estimate of drug-likeness (QED) is 0.227. The second kappa shape index (κ2) is 16.7. The summed E-state index contributed by atoms with van der Waals surface area (Å²) in [7, 11) is 2.02. The molecule has 0 aromatic heterocycles. The van der Waals surface area contributed by atoms with E-state index in [1.165, 1.54) is 23.1 Å². The van der Waals surface area contributed by atoms with Crippen molar-refractivity contribution in [1.82, 2.24) is 10.6 Å². The minimum Gasteiger partial charge on any atom is -0.319 e. The summed E-state index contributed by atoms with van der Waals surface area (Å²) in [4.78, 5) is 4.33. The molecule has 0 amide bonds. The summed E-state index contributed by atoms with van der Waals surface area (Å²) < 4.78 is 0. The van der Waals surface area contributed by atoms with E-state index in [1.54, 1.807) is 0 Å². The highest BCUT2D eigenvalue weighted by Crippen LogP contribution is 2.19. The Balaban J connectivity index is 4.90. The van der Waals surface area contributed by atoms with Crippen LogP contribution in [0.1, 0.15) is 60.3 Å². The lowest BCUT2D eigenvalue weighted by molar-refractivity contribution is 0.367. The van der Waals surface area contributed by atoms with Gasteiger partial charge in [-0.3, -0.25) is 4.99 Å². The Morgan fingerprint density at radius 3 is 2.52 bits per heavy atom. The molecule has 2 unspecified atom stereocenters. The molecule has 154 valence electrons. The fourth-order valence-electron chi connectivity index (χ4n) is 3.09. The number of hydrogen-bond acceptors (Lipinski definition) is 3. The molecule has 0 bridgehead atoms. The molecule has 2 N–H and O–H groups in total. The van der Waals surface area contributed by atoms with Gasteiger partial charge in [-0.25, -0.2) is 0 Å². The number of rotatable bonds is 15. The first-order valence-electron chi connectivity index (χ1n) is 10.5. The van der Waals surface area contributed by atoms with E-state index in [1.807, 2.05) is 13.3 Å². The summed E-state index contributed by atoms with van der Waals surface area (Å²) in [5.74, 6) is 0.396.